The largest absolute Gasteiger partial charge is 0.462 e. The van der Waals surface area contributed by atoms with Crippen LogP contribution in [0, 0.1) is 0 Å². The van der Waals surface area contributed by atoms with E-state index >= 15 is 0 Å². The molecule has 0 N–H and O–H groups in total. The van der Waals surface area contributed by atoms with Gasteiger partial charge >= 0.3 is 17.9 Å². The second-order valence-electron chi connectivity index (χ2n) is 19.9. The summed E-state index contributed by atoms with van der Waals surface area (Å²) in [5.74, 6) is -0.880. The summed E-state index contributed by atoms with van der Waals surface area (Å²) in [6.07, 6.45) is 69.7. The van der Waals surface area contributed by atoms with Crippen LogP contribution < -0.4 is 0 Å². The Hall–Kier alpha value is -2.63. The van der Waals surface area contributed by atoms with Gasteiger partial charge in [-0.15, -0.1) is 0 Å². The fraction of sp³-hybridized carbons (Fsp3) is 0.823. The van der Waals surface area contributed by atoms with Crippen LogP contribution in [0.25, 0.3) is 0 Å². The van der Waals surface area contributed by atoms with Crippen LogP contribution in [0.5, 0.6) is 0 Å². The minimum atomic E-state index is -0.777. The molecule has 0 aliphatic carbocycles. The number of unbranched alkanes of at least 4 members (excludes halogenated alkanes) is 35. The normalized spacial score (nSPS) is 12.3. The number of ether oxygens (including phenoxy) is 3. The van der Waals surface area contributed by atoms with Crippen molar-refractivity contribution >= 4 is 17.9 Å². The van der Waals surface area contributed by atoms with E-state index in [1.54, 1.807) is 0 Å². The van der Waals surface area contributed by atoms with Crippen molar-refractivity contribution in [1.29, 1.82) is 0 Å². The average molecular weight is 954 g/mol. The van der Waals surface area contributed by atoms with Crippen molar-refractivity contribution in [2.24, 2.45) is 0 Å². The lowest BCUT2D eigenvalue weighted by Crippen LogP contribution is -2.30. The summed E-state index contributed by atoms with van der Waals surface area (Å²) in [5, 5.41) is 0. The summed E-state index contributed by atoms with van der Waals surface area (Å²) >= 11 is 0. The highest BCUT2D eigenvalue weighted by Crippen LogP contribution is 2.16. The number of carbonyl (C=O) groups excluding carboxylic acids is 3. The highest BCUT2D eigenvalue weighted by Gasteiger charge is 2.19. The molecule has 0 heterocycles. The standard InChI is InChI=1S/C62H112O6/c1-4-7-10-13-16-19-21-23-25-27-28-29-30-31-32-33-34-35-37-38-40-43-46-49-52-55-61(64)67-58-59(57-66-60(63)54-51-48-45-42-18-15-12-9-6-3)68-62(65)56-53-50-47-44-41-39-36-26-24-22-20-17-14-11-8-5-2/h20-23,26-28,36,59H,4-19,24-25,29-35,37-58H2,1-3H3/b22-20-,23-21-,28-27-,36-26-. The molecule has 0 aromatic rings. The summed E-state index contributed by atoms with van der Waals surface area (Å²) in [6.45, 7) is 6.61. The van der Waals surface area contributed by atoms with Gasteiger partial charge in [0.05, 0.1) is 0 Å². The van der Waals surface area contributed by atoms with Crippen LogP contribution >= 0.6 is 0 Å². The Morgan fingerprint density at radius 3 is 0.824 bits per heavy atom. The number of esters is 3. The van der Waals surface area contributed by atoms with E-state index in [2.05, 4.69) is 69.4 Å². The van der Waals surface area contributed by atoms with Crippen molar-refractivity contribution in [3.05, 3.63) is 48.6 Å². The lowest BCUT2D eigenvalue weighted by molar-refractivity contribution is -0.167. The van der Waals surface area contributed by atoms with Gasteiger partial charge in [0.2, 0.25) is 0 Å². The maximum absolute atomic E-state index is 12.8. The van der Waals surface area contributed by atoms with E-state index in [-0.39, 0.29) is 31.1 Å². The molecule has 0 spiro atoms. The van der Waals surface area contributed by atoms with Crippen molar-refractivity contribution in [1.82, 2.24) is 0 Å². The molecule has 6 heteroatoms. The molecule has 0 aliphatic rings. The van der Waals surface area contributed by atoms with Crippen molar-refractivity contribution in [3.63, 3.8) is 0 Å². The third kappa shape index (κ3) is 54.3. The van der Waals surface area contributed by atoms with Gasteiger partial charge in [-0.05, 0) is 83.5 Å². The summed E-state index contributed by atoms with van der Waals surface area (Å²) < 4.78 is 16.8. The Morgan fingerprint density at radius 2 is 0.529 bits per heavy atom. The highest BCUT2D eigenvalue weighted by atomic mass is 16.6. The monoisotopic (exact) mass is 953 g/mol. The van der Waals surface area contributed by atoms with Crippen molar-refractivity contribution in [3.8, 4) is 0 Å². The van der Waals surface area contributed by atoms with Gasteiger partial charge in [0.15, 0.2) is 6.10 Å². The predicted molar refractivity (Wildman–Crippen MR) is 293 cm³/mol. The van der Waals surface area contributed by atoms with Crippen LogP contribution in [0.15, 0.2) is 48.6 Å². The molecular weight excluding hydrogens is 841 g/mol. The third-order valence-electron chi connectivity index (χ3n) is 13.1. The summed E-state index contributed by atoms with van der Waals surface area (Å²) in [6, 6.07) is 0. The molecule has 1 unspecified atom stereocenters. The first-order valence-corrected chi connectivity index (χ1v) is 29.6. The number of hydrogen-bond donors (Lipinski definition) is 0. The fourth-order valence-corrected chi connectivity index (χ4v) is 8.56. The lowest BCUT2D eigenvalue weighted by Gasteiger charge is -2.18. The molecule has 6 nitrogen and oxygen atoms in total. The number of carbonyl (C=O) groups is 3. The Morgan fingerprint density at radius 1 is 0.294 bits per heavy atom. The molecule has 0 radical (unpaired) electrons. The first-order valence-electron chi connectivity index (χ1n) is 29.6. The maximum atomic E-state index is 12.8. The summed E-state index contributed by atoms with van der Waals surface area (Å²) in [7, 11) is 0. The van der Waals surface area contributed by atoms with Gasteiger partial charge in [0, 0.05) is 19.3 Å². The number of allylic oxidation sites excluding steroid dienone is 8. The Labute approximate surface area is 422 Å². The topological polar surface area (TPSA) is 78.9 Å². The highest BCUT2D eigenvalue weighted by molar-refractivity contribution is 5.71. The maximum Gasteiger partial charge on any atom is 0.306 e. The molecule has 0 bridgehead atoms. The van der Waals surface area contributed by atoms with Gasteiger partial charge in [0.1, 0.15) is 13.2 Å². The van der Waals surface area contributed by atoms with Crippen LogP contribution in [-0.4, -0.2) is 37.2 Å². The predicted octanol–water partition coefficient (Wildman–Crippen LogP) is 19.8. The van der Waals surface area contributed by atoms with E-state index in [1.165, 1.54) is 180 Å². The quantitative estimate of drug-likeness (QED) is 0.0262. The molecule has 68 heavy (non-hydrogen) atoms. The van der Waals surface area contributed by atoms with Crippen LogP contribution in [-0.2, 0) is 28.6 Å². The van der Waals surface area contributed by atoms with Crippen LogP contribution in [0.4, 0.5) is 0 Å². The minimum Gasteiger partial charge on any atom is -0.462 e. The number of hydrogen-bond acceptors (Lipinski definition) is 6. The molecule has 0 amide bonds. The molecule has 0 saturated carbocycles. The van der Waals surface area contributed by atoms with Gasteiger partial charge in [-0.25, -0.2) is 0 Å². The van der Waals surface area contributed by atoms with Crippen LogP contribution in [0.1, 0.15) is 310 Å². The lowest BCUT2D eigenvalue weighted by atomic mass is 10.0. The van der Waals surface area contributed by atoms with E-state index in [9.17, 15) is 14.4 Å². The first kappa shape index (κ1) is 65.4. The molecule has 0 saturated heterocycles. The zero-order chi connectivity index (χ0) is 49.3. The molecule has 0 fully saturated rings. The average Bonchev–Trinajstić information content (AvgIpc) is 3.34. The van der Waals surface area contributed by atoms with Crippen molar-refractivity contribution in [2.45, 2.75) is 316 Å². The van der Waals surface area contributed by atoms with E-state index in [0.29, 0.717) is 19.3 Å². The van der Waals surface area contributed by atoms with Gasteiger partial charge in [-0.1, -0.05) is 256 Å². The Kier molecular flexibility index (Phi) is 54.8. The molecular formula is C62H112O6. The SMILES string of the molecule is CCCCCC/C=C\C/C=C\CCCCCCCC(=O)OC(COC(=O)CCCCCCCCCCC)COC(=O)CCCCCCCCCCCCCCC/C=C\C/C=C\CCCCCCC. The molecule has 0 aromatic heterocycles. The van der Waals surface area contributed by atoms with Gasteiger partial charge in [0.25, 0.3) is 0 Å². The van der Waals surface area contributed by atoms with Crippen LogP contribution in [0.2, 0.25) is 0 Å². The third-order valence-corrected chi connectivity index (χ3v) is 13.1. The number of rotatable bonds is 54. The molecule has 0 aliphatic heterocycles. The second kappa shape index (κ2) is 57.0. The molecule has 1 atom stereocenters. The Bertz CT molecular complexity index is 1190. The fourth-order valence-electron chi connectivity index (χ4n) is 8.56. The minimum absolute atomic E-state index is 0.0762. The first-order chi connectivity index (χ1) is 33.5. The summed E-state index contributed by atoms with van der Waals surface area (Å²) in [5.41, 5.74) is 0. The van der Waals surface area contributed by atoms with Gasteiger partial charge < -0.3 is 14.2 Å². The zero-order valence-electron chi connectivity index (χ0n) is 45.4. The van der Waals surface area contributed by atoms with E-state index < -0.39 is 6.10 Å². The van der Waals surface area contributed by atoms with E-state index in [1.807, 2.05) is 0 Å². The van der Waals surface area contributed by atoms with Gasteiger partial charge in [-0.2, -0.15) is 0 Å². The molecule has 0 aromatic carbocycles. The van der Waals surface area contributed by atoms with Crippen molar-refractivity contribution in [2.75, 3.05) is 13.2 Å². The zero-order valence-corrected chi connectivity index (χ0v) is 45.4. The van der Waals surface area contributed by atoms with Crippen molar-refractivity contribution < 1.29 is 28.6 Å². The van der Waals surface area contributed by atoms with E-state index in [4.69, 9.17) is 14.2 Å². The smallest absolute Gasteiger partial charge is 0.306 e. The van der Waals surface area contributed by atoms with Gasteiger partial charge in [-0.3, -0.25) is 14.4 Å². The molecule has 0 rings (SSSR count). The van der Waals surface area contributed by atoms with E-state index in [0.717, 1.165) is 89.9 Å². The van der Waals surface area contributed by atoms with Crippen LogP contribution in [0.3, 0.4) is 0 Å². The Balaban J connectivity index is 4.20. The summed E-state index contributed by atoms with van der Waals surface area (Å²) in [4.78, 5) is 38.0. The molecule has 396 valence electrons. The second-order valence-corrected chi connectivity index (χ2v) is 19.9.